The highest BCUT2D eigenvalue weighted by atomic mass is 31.2. The Morgan fingerprint density at radius 2 is 1.97 bits per heavy atom. The summed E-state index contributed by atoms with van der Waals surface area (Å²) in [5, 5.41) is 27.2. The lowest BCUT2D eigenvalue weighted by Gasteiger charge is -2.29. The number of para-hydroxylation sites is 1. The van der Waals surface area contributed by atoms with Crippen molar-refractivity contribution >= 4 is 13.7 Å². The lowest BCUT2D eigenvalue weighted by atomic mass is 10.1. The Bertz CT molecular complexity index is 1340. The second-order valence-corrected chi connectivity index (χ2v) is 10.2. The van der Waals surface area contributed by atoms with Gasteiger partial charge in [-0.1, -0.05) is 23.3 Å². The molecule has 1 aromatic heterocycles. The predicted molar refractivity (Wildman–Crippen MR) is 130 cm³/mol. The Labute approximate surface area is 215 Å². The summed E-state index contributed by atoms with van der Waals surface area (Å²) in [6.45, 7) is 3.63. The summed E-state index contributed by atoms with van der Waals surface area (Å²) in [5.41, 5.74) is 5.03. The van der Waals surface area contributed by atoms with Crippen molar-refractivity contribution in [2.24, 2.45) is 5.11 Å². The van der Waals surface area contributed by atoms with Crippen LogP contribution in [0.4, 0.5) is 0 Å². The van der Waals surface area contributed by atoms with Crippen molar-refractivity contribution in [2.45, 2.75) is 57.1 Å². The summed E-state index contributed by atoms with van der Waals surface area (Å²) >= 11 is 0. The third-order valence-electron chi connectivity index (χ3n) is 5.21. The van der Waals surface area contributed by atoms with Crippen LogP contribution < -0.4 is 20.9 Å². The number of rotatable bonds is 11. The number of aromatic nitrogens is 2. The van der Waals surface area contributed by atoms with E-state index >= 15 is 0 Å². The zero-order chi connectivity index (χ0) is 28.1. The van der Waals surface area contributed by atoms with Crippen LogP contribution in [0, 0.1) is 0 Å². The van der Waals surface area contributed by atoms with Crippen molar-refractivity contribution in [3.8, 4) is 5.75 Å². The first-order valence-electron chi connectivity index (χ1n) is 11.3. The second kappa shape index (κ2) is 11.9. The Balaban J connectivity index is 1.91. The van der Waals surface area contributed by atoms with Gasteiger partial charge >= 0.3 is 19.4 Å². The van der Waals surface area contributed by atoms with E-state index in [-0.39, 0.29) is 5.75 Å². The largest absolute Gasteiger partial charge is 0.462 e. The van der Waals surface area contributed by atoms with Crippen LogP contribution in [0.3, 0.4) is 0 Å². The fourth-order valence-corrected chi connectivity index (χ4v) is 4.95. The SMILES string of the molecule is CC(C)OC(=O)[C@H](C)NP(=O)(OC[C@@]1(N=[N+]=[N-])O[C@@H](n2ccc(=O)[nH]c2=O)[C@H](O)[C@@H]1O)Oc1ccccc1. The molecule has 17 heteroatoms. The fraction of sp³-hybridized carbons (Fsp3) is 0.476. The fourth-order valence-electron chi connectivity index (χ4n) is 3.44. The summed E-state index contributed by atoms with van der Waals surface area (Å²) in [6, 6.07) is 7.54. The van der Waals surface area contributed by atoms with Gasteiger partial charge in [0.05, 0.1) is 12.7 Å². The van der Waals surface area contributed by atoms with E-state index in [0.29, 0.717) is 0 Å². The van der Waals surface area contributed by atoms with Gasteiger partial charge in [0.15, 0.2) is 6.23 Å². The van der Waals surface area contributed by atoms with Crippen LogP contribution >= 0.6 is 7.75 Å². The van der Waals surface area contributed by atoms with Gasteiger partial charge in [0.25, 0.3) is 5.56 Å². The number of nitrogens with one attached hydrogen (secondary N) is 2. The molecule has 0 aliphatic carbocycles. The monoisotopic (exact) mass is 554 g/mol. The van der Waals surface area contributed by atoms with Gasteiger partial charge in [-0.25, -0.2) is 9.36 Å². The van der Waals surface area contributed by atoms with Crippen LogP contribution in [0.15, 0.2) is 57.3 Å². The Morgan fingerprint density at radius 3 is 2.58 bits per heavy atom. The molecular weight excluding hydrogens is 527 g/mol. The van der Waals surface area contributed by atoms with E-state index in [9.17, 15) is 29.2 Å². The number of azide groups is 1. The number of H-pyrrole nitrogens is 1. The summed E-state index contributed by atoms with van der Waals surface area (Å²) < 4.78 is 36.1. The maximum Gasteiger partial charge on any atom is 0.459 e. The summed E-state index contributed by atoms with van der Waals surface area (Å²) in [6.07, 6.45) is -4.94. The van der Waals surface area contributed by atoms with Crippen molar-refractivity contribution in [3.63, 3.8) is 0 Å². The third-order valence-corrected chi connectivity index (χ3v) is 6.83. The van der Waals surface area contributed by atoms with Crippen molar-refractivity contribution in [1.82, 2.24) is 14.6 Å². The number of benzene rings is 1. The quantitative estimate of drug-likeness (QED) is 0.100. The molecule has 16 nitrogen and oxygen atoms in total. The van der Waals surface area contributed by atoms with E-state index in [0.717, 1.165) is 16.8 Å². The number of esters is 1. The molecule has 0 radical (unpaired) electrons. The van der Waals surface area contributed by atoms with Crippen LogP contribution in [0.1, 0.15) is 27.0 Å². The van der Waals surface area contributed by atoms with Crippen LogP contribution in [0.5, 0.6) is 5.75 Å². The van der Waals surface area contributed by atoms with Crippen molar-refractivity contribution in [3.05, 3.63) is 73.9 Å². The van der Waals surface area contributed by atoms with E-state index in [4.69, 9.17) is 24.1 Å². The number of nitrogens with zero attached hydrogens (tertiary/aromatic N) is 4. The molecule has 1 saturated heterocycles. The van der Waals surface area contributed by atoms with Crippen molar-refractivity contribution in [1.29, 1.82) is 0 Å². The number of aromatic amines is 1. The zero-order valence-corrected chi connectivity index (χ0v) is 21.4. The number of aliphatic hydroxyl groups excluding tert-OH is 2. The topological polar surface area (TPSA) is 227 Å². The number of carbonyl (C=O) groups excluding carboxylic acids is 1. The molecule has 1 fully saturated rings. The standard InChI is InChI=1S/C21H27N6O10P/c1-12(2)35-19(31)13(3)24-38(33,37-14-7-5-4-6-8-14)34-11-21(25-26-22)17(30)16(29)18(36-21)27-10-9-15(28)23-20(27)32/h4-10,12-13,16-18,29-30H,11H2,1-3H3,(H,24,33)(H,23,28,32)/t13-,16+,17-,18+,21+,38?/m0/s1. The Morgan fingerprint density at radius 1 is 1.29 bits per heavy atom. The lowest BCUT2D eigenvalue weighted by molar-refractivity contribution is -0.149. The molecule has 2 aromatic rings. The molecule has 206 valence electrons. The first-order valence-corrected chi connectivity index (χ1v) is 12.8. The Hall–Kier alpha value is -3.49. The van der Waals surface area contributed by atoms with Crippen LogP contribution in [-0.4, -0.2) is 62.4 Å². The average molecular weight is 554 g/mol. The molecule has 6 atom stereocenters. The summed E-state index contributed by atoms with van der Waals surface area (Å²) in [5.74, 6) is -0.688. The normalized spacial score (nSPS) is 25.3. The number of hydrogen-bond acceptors (Lipinski definition) is 11. The minimum Gasteiger partial charge on any atom is -0.462 e. The second-order valence-electron chi connectivity index (χ2n) is 8.51. The third kappa shape index (κ3) is 6.68. The van der Waals surface area contributed by atoms with Gasteiger partial charge in [0.1, 0.15) is 24.0 Å². The number of carbonyl (C=O) groups is 1. The van der Waals surface area contributed by atoms with Crippen molar-refractivity contribution < 1.29 is 38.1 Å². The smallest absolute Gasteiger partial charge is 0.459 e. The van der Waals surface area contributed by atoms with Gasteiger partial charge in [-0.15, -0.1) is 0 Å². The number of hydrogen-bond donors (Lipinski definition) is 4. The first-order chi connectivity index (χ1) is 17.9. The van der Waals surface area contributed by atoms with Gasteiger partial charge in [0.2, 0.25) is 5.72 Å². The molecule has 1 aliphatic rings. The molecule has 4 N–H and O–H groups in total. The molecule has 1 unspecified atom stereocenters. The molecule has 3 rings (SSSR count). The highest BCUT2D eigenvalue weighted by Gasteiger charge is 2.56. The van der Waals surface area contributed by atoms with E-state index in [1.165, 1.54) is 19.1 Å². The number of ether oxygens (including phenoxy) is 2. The lowest BCUT2D eigenvalue weighted by Crippen LogP contribution is -2.46. The van der Waals surface area contributed by atoms with Gasteiger partial charge in [-0.05, 0) is 38.4 Å². The summed E-state index contributed by atoms with van der Waals surface area (Å²) in [7, 11) is -4.49. The minimum atomic E-state index is -4.49. The first kappa shape index (κ1) is 29.1. The maximum absolute atomic E-state index is 13.7. The molecule has 0 amide bonds. The highest BCUT2D eigenvalue weighted by molar-refractivity contribution is 7.52. The van der Waals surface area contributed by atoms with E-state index in [1.54, 1.807) is 32.0 Å². The average Bonchev–Trinajstić information content (AvgIpc) is 3.09. The Kier molecular flexibility index (Phi) is 9.12. The van der Waals surface area contributed by atoms with Crippen LogP contribution in [-0.2, 0) is 23.4 Å². The molecule has 0 saturated carbocycles. The zero-order valence-electron chi connectivity index (χ0n) is 20.5. The van der Waals surface area contributed by atoms with Gasteiger partial charge < -0.3 is 24.2 Å². The van der Waals surface area contributed by atoms with E-state index in [1.807, 2.05) is 4.98 Å². The van der Waals surface area contributed by atoms with Crippen LogP contribution in [0.25, 0.3) is 10.4 Å². The number of aliphatic hydroxyl groups is 2. The highest BCUT2D eigenvalue weighted by Crippen LogP contribution is 2.48. The molecule has 38 heavy (non-hydrogen) atoms. The molecule has 2 heterocycles. The minimum absolute atomic E-state index is 0.0798. The molecular formula is C21H27N6O10P. The summed E-state index contributed by atoms with van der Waals surface area (Å²) in [4.78, 5) is 40.5. The van der Waals surface area contributed by atoms with Gasteiger partial charge in [0, 0.05) is 17.2 Å². The molecule has 0 bridgehead atoms. The molecule has 0 spiro atoms. The van der Waals surface area contributed by atoms with Crippen molar-refractivity contribution in [2.75, 3.05) is 6.61 Å². The van der Waals surface area contributed by atoms with E-state index in [2.05, 4.69) is 15.1 Å². The van der Waals surface area contributed by atoms with E-state index < -0.39 is 67.9 Å². The van der Waals surface area contributed by atoms with Gasteiger partial charge in [-0.2, -0.15) is 5.09 Å². The van der Waals surface area contributed by atoms with Crippen LogP contribution in [0.2, 0.25) is 0 Å². The molecule has 1 aromatic carbocycles. The molecule has 1 aliphatic heterocycles. The van der Waals surface area contributed by atoms with Gasteiger partial charge in [-0.3, -0.25) is 23.7 Å². The predicted octanol–water partition coefficient (Wildman–Crippen LogP) is 0.927. The maximum atomic E-state index is 13.7.